The van der Waals surface area contributed by atoms with Crippen LogP contribution >= 0.6 is 0 Å². The van der Waals surface area contributed by atoms with Gasteiger partial charge in [-0.3, -0.25) is 14.7 Å². The molecule has 4 nitrogen and oxygen atoms in total. The fraction of sp³-hybridized carbons (Fsp3) is 0.250. The molecule has 21 heavy (non-hydrogen) atoms. The summed E-state index contributed by atoms with van der Waals surface area (Å²) < 4.78 is 13.3. The van der Waals surface area contributed by atoms with Crippen LogP contribution in [0.4, 0.5) is 4.39 Å². The van der Waals surface area contributed by atoms with E-state index < -0.39 is 6.04 Å². The minimum atomic E-state index is -0.530. The molecule has 0 aliphatic rings. The van der Waals surface area contributed by atoms with Crippen molar-refractivity contribution >= 4 is 5.91 Å². The lowest BCUT2D eigenvalue weighted by Gasteiger charge is -2.23. The molecule has 0 fully saturated rings. The van der Waals surface area contributed by atoms with Crippen molar-refractivity contribution in [3.05, 3.63) is 65.7 Å². The predicted octanol–water partition coefficient (Wildman–Crippen LogP) is 2.14. The fourth-order valence-electron chi connectivity index (χ4n) is 2.15. The molecule has 2 rings (SSSR count). The number of hydrogen-bond donors (Lipinski definition) is 1. The van der Waals surface area contributed by atoms with Gasteiger partial charge in [0.1, 0.15) is 11.9 Å². The lowest BCUT2D eigenvalue weighted by Crippen LogP contribution is -2.36. The van der Waals surface area contributed by atoms with E-state index in [-0.39, 0.29) is 11.7 Å². The highest BCUT2D eigenvalue weighted by molar-refractivity contribution is 5.83. The maximum Gasteiger partial charge on any atom is 0.242 e. The van der Waals surface area contributed by atoms with Gasteiger partial charge in [-0.05, 0) is 43.4 Å². The molecular formula is C16H18FN3O. The molecule has 0 unspecified atom stereocenters. The van der Waals surface area contributed by atoms with Gasteiger partial charge in [0.25, 0.3) is 0 Å². The number of rotatable bonds is 5. The average Bonchev–Trinajstić information content (AvgIpc) is 2.46. The maximum atomic E-state index is 13.3. The third-order valence-corrected chi connectivity index (χ3v) is 3.12. The zero-order valence-corrected chi connectivity index (χ0v) is 12.1. The second-order valence-corrected chi connectivity index (χ2v) is 5.00. The van der Waals surface area contributed by atoms with Crippen molar-refractivity contribution in [2.75, 3.05) is 14.1 Å². The van der Waals surface area contributed by atoms with E-state index in [4.69, 9.17) is 0 Å². The van der Waals surface area contributed by atoms with Gasteiger partial charge in [0.2, 0.25) is 5.91 Å². The highest BCUT2D eigenvalue weighted by Crippen LogP contribution is 2.19. The number of nitrogens with zero attached hydrogens (tertiary/aromatic N) is 2. The van der Waals surface area contributed by atoms with Crippen molar-refractivity contribution in [1.29, 1.82) is 0 Å². The minimum Gasteiger partial charge on any atom is -0.350 e. The van der Waals surface area contributed by atoms with Gasteiger partial charge in [0, 0.05) is 18.9 Å². The van der Waals surface area contributed by atoms with Gasteiger partial charge in [-0.1, -0.05) is 18.2 Å². The molecule has 0 aliphatic heterocycles. The molecule has 1 aromatic heterocycles. The fourth-order valence-corrected chi connectivity index (χ4v) is 2.15. The summed E-state index contributed by atoms with van der Waals surface area (Å²) in [6.45, 7) is 0.395. The van der Waals surface area contributed by atoms with E-state index in [0.717, 1.165) is 5.56 Å². The summed E-state index contributed by atoms with van der Waals surface area (Å²) in [6.07, 6.45) is 3.38. The lowest BCUT2D eigenvalue weighted by molar-refractivity contribution is -0.125. The summed E-state index contributed by atoms with van der Waals surface area (Å²) in [4.78, 5) is 18.1. The van der Waals surface area contributed by atoms with Gasteiger partial charge < -0.3 is 5.32 Å². The largest absolute Gasteiger partial charge is 0.350 e. The van der Waals surface area contributed by atoms with Crippen LogP contribution in [-0.2, 0) is 11.3 Å². The number of hydrogen-bond acceptors (Lipinski definition) is 3. The molecule has 1 N–H and O–H groups in total. The molecule has 0 saturated carbocycles. The normalized spacial score (nSPS) is 12.2. The number of halogens is 1. The summed E-state index contributed by atoms with van der Waals surface area (Å²) in [5.41, 5.74) is 1.55. The van der Waals surface area contributed by atoms with Crippen LogP contribution in [0, 0.1) is 5.82 Å². The van der Waals surface area contributed by atoms with Crippen molar-refractivity contribution in [2.24, 2.45) is 0 Å². The standard InChI is InChI=1S/C16H18FN3O/c1-20(2)15(13-6-3-7-14(17)9-13)16(21)19-11-12-5-4-8-18-10-12/h3-10,15H,11H2,1-2H3,(H,19,21)/t15-/m1/s1. The summed E-state index contributed by atoms with van der Waals surface area (Å²) >= 11 is 0. The highest BCUT2D eigenvalue weighted by atomic mass is 19.1. The van der Waals surface area contributed by atoms with E-state index in [2.05, 4.69) is 10.3 Å². The first-order valence-electron chi connectivity index (χ1n) is 6.66. The Kier molecular flexibility index (Phi) is 5.00. The second-order valence-electron chi connectivity index (χ2n) is 5.00. The van der Waals surface area contributed by atoms with E-state index in [1.807, 2.05) is 12.1 Å². The monoisotopic (exact) mass is 287 g/mol. The van der Waals surface area contributed by atoms with E-state index >= 15 is 0 Å². The molecule has 1 amide bonds. The molecule has 1 heterocycles. The lowest BCUT2D eigenvalue weighted by atomic mass is 10.0. The van der Waals surface area contributed by atoms with Crippen LogP contribution in [0.2, 0.25) is 0 Å². The summed E-state index contributed by atoms with van der Waals surface area (Å²) in [7, 11) is 3.58. The van der Waals surface area contributed by atoms with Crippen LogP contribution in [0.1, 0.15) is 17.2 Å². The molecular weight excluding hydrogens is 269 g/mol. The van der Waals surface area contributed by atoms with Crippen LogP contribution in [0.15, 0.2) is 48.8 Å². The quantitative estimate of drug-likeness (QED) is 0.916. The van der Waals surface area contributed by atoms with Gasteiger partial charge in [-0.25, -0.2) is 4.39 Å². The Balaban J connectivity index is 2.09. The molecule has 1 aromatic carbocycles. The number of likely N-dealkylation sites (N-methyl/N-ethyl adjacent to an activating group) is 1. The van der Waals surface area contributed by atoms with Crippen LogP contribution in [0.3, 0.4) is 0 Å². The van der Waals surface area contributed by atoms with Gasteiger partial charge in [0.05, 0.1) is 0 Å². The van der Waals surface area contributed by atoms with Crippen molar-refractivity contribution in [3.63, 3.8) is 0 Å². The number of carbonyl (C=O) groups excluding carboxylic acids is 1. The summed E-state index contributed by atoms with van der Waals surface area (Å²) in [5.74, 6) is -0.520. The van der Waals surface area contributed by atoms with Crippen molar-refractivity contribution in [3.8, 4) is 0 Å². The third-order valence-electron chi connectivity index (χ3n) is 3.12. The van der Waals surface area contributed by atoms with Gasteiger partial charge in [0.15, 0.2) is 0 Å². The smallest absolute Gasteiger partial charge is 0.242 e. The van der Waals surface area contributed by atoms with Crippen molar-refractivity contribution in [1.82, 2.24) is 15.2 Å². The number of carbonyl (C=O) groups is 1. The third kappa shape index (κ3) is 4.10. The number of aromatic nitrogens is 1. The van der Waals surface area contributed by atoms with E-state index in [0.29, 0.717) is 12.1 Å². The summed E-state index contributed by atoms with van der Waals surface area (Å²) in [5, 5.41) is 2.86. The molecule has 1 atom stereocenters. The second kappa shape index (κ2) is 6.95. The Morgan fingerprint density at radius 2 is 2.14 bits per heavy atom. The minimum absolute atomic E-state index is 0.172. The zero-order chi connectivity index (χ0) is 15.2. The van der Waals surface area contributed by atoms with E-state index in [1.165, 1.54) is 12.1 Å². The molecule has 5 heteroatoms. The van der Waals surface area contributed by atoms with Crippen LogP contribution in [0.5, 0.6) is 0 Å². The summed E-state index contributed by atoms with van der Waals surface area (Å²) in [6, 6.07) is 9.28. The molecule has 0 bridgehead atoms. The van der Waals surface area contributed by atoms with Crippen LogP contribution in [-0.4, -0.2) is 29.9 Å². The van der Waals surface area contributed by atoms with Gasteiger partial charge >= 0.3 is 0 Å². The maximum absolute atomic E-state index is 13.3. The Morgan fingerprint density at radius 1 is 1.33 bits per heavy atom. The number of pyridine rings is 1. The number of benzene rings is 1. The number of nitrogens with one attached hydrogen (secondary N) is 1. The van der Waals surface area contributed by atoms with Gasteiger partial charge in [-0.15, -0.1) is 0 Å². The molecule has 0 spiro atoms. The van der Waals surface area contributed by atoms with Crippen molar-refractivity contribution < 1.29 is 9.18 Å². The van der Waals surface area contributed by atoms with Gasteiger partial charge in [-0.2, -0.15) is 0 Å². The van der Waals surface area contributed by atoms with Crippen LogP contribution in [0.25, 0.3) is 0 Å². The molecule has 0 aliphatic carbocycles. The predicted molar refractivity (Wildman–Crippen MR) is 78.9 cm³/mol. The number of amides is 1. The molecule has 0 saturated heterocycles. The zero-order valence-electron chi connectivity index (χ0n) is 12.1. The SMILES string of the molecule is CN(C)[C@@H](C(=O)NCc1cccnc1)c1cccc(F)c1. The topological polar surface area (TPSA) is 45.2 Å². The van der Waals surface area contributed by atoms with Crippen molar-refractivity contribution in [2.45, 2.75) is 12.6 Å². The Morgan fingerprint density at radius 3 is 2.76 bits per heavy atom. The Labute approximate surface area is 123 Å². The molecule has 110 valence electrons. The Hall–Kier alpha value is -2.27. The van der Waals surface area contributed by atoms with Crippen LogP contribution < -0.4 is 5.32 Å². The molecule has 0 radical (unpaired) electrons. The average molecular weight is 287 g/mol. The van der Waals surface area contributed by atoms with E-state index in [9.17, 15) is 9.18 Å². The Bertz CT molecular complexity index is 601. The first kappa shape index (κ1) is 15.1. The highest BCUT2D eigenvalue weighted by Gasteiger charge is 2.22. The molecule has 2 aromatic rings. The first-order chi connectivity index (χ1) is 10.1. The van der Waals surface area contributed by atoms with E-state index in [1.54, 1.807) is 43.5 Å². The first-order valence-corrected chi connectivity index (χ1v) is 6.66.